The first-order chi connectivity index (χ1) is 5.61. The number of hydrogen-bond donors (Lipinski definition) is 0. The van der Waals surface area contributed by atoms with Gasteiger partial charge in [0.05, 0.1) is 25.0 Å². The van der Waals surface area contributed by atoms with E-state index in [-0.39, 0.29) is 11.8 Å². The highest BCUT2D eigenvalue weighted by atomic mass is 35.5. The maximum atomic E-state index is 10.7. The van der Waals surface area contributed by atoms with Crippen molar-refractivity contribution in [2.24, 2.45) is 11.8 Å². The van der Waals surface area contributed by atoms with Crippen molar-refractivity contribution in [3.8, 4) is 0 Å². The Kier molecular flexibility index (Phi) is 3.50. The third-order valence-corrected chi connectivity index (χ3v) is 2.47. The number of carbonyl (C=O) groups is 2. The van der Waals surface area contributed by atoms with E-state index in [9.17, 15) is 9.59 Å². The lowest BCUT2D eigenvalue weighted by molar-refractivity contribution is -0.125. The Bertz CT molecular complexity index is 185. The van der Waals surface area contributed by atoms with Crippen molar-refractivity contribution in [1.29, 1.82) is 0 Å². The van der Waals surface area contributed by atoms with E-state index >= 15 is 0 Å². The molecular weight excluding hydrogens is 203 g/mol. The Morgan fingerprint density at radius 3 is 1.83 bits per heavy atom. The summed E-state index contributed by atoms with van der Waals surface area (Å²) in [5.41, 5.74) is 0. The molecular formula is C7H8Cl2O3. The summed E-state index contributed by atoms with van der Waals surface area (Å²) in [6.07, 6.45) is 0.407. The van der Waals surface area contributed by atoms with Crippen molar-refractivity contribution in [2.45, 2.75) is 6.42 Å². The molecule has 68 valence electrons. The molecule has 0 bridgehead atoms. The molecule has 2 unspecified atom stereocenters. The van der Waals surface area contributed by atoms with Crippen LogP contribution in [0.4, 0.5) is 0 Å². The normalized spacial score (nSPS) is 29.8. The molecule has 1 heterocycles. The molecule has 0 N–H and O–H groups in total. The lowest BCUT2D eigenvalue weighted by Gasteiger charge is -2.24. The number of hydrogen-bond acceptors (Lipinski definition) is 3. The summed E-state index contributed by atoms with van der Waals surface area (Å²) in [6.45, 7) is 0.589. The molecule has 1 aliphatic heterocycles. The maximum absolute atomic E-state index is 10.7. The first kappa shape index (κ1) is 9.96. The maximum Gasteiger partial charge on any atom is 0.227 e. The Morgan fingerprint density at radius 1 is 1.08 bits per heavy atom. The van der Waals surface area contributed by atoms with Gasteiger partial charge in [0.2, 0.25) is 10.5 Å². The third-order valence-electron chi connectivity index (χ3n) is 1.85. The zero-order valence-corrected chi connectivity index (χ0v) is 7.77. The predicted octanol–water partition coefficient (Wildman–Crippen LogP) is 1.17. The van der Waals surface area contributed by atoms with Gasteiger partial charge in [-0.15, -0.1) is 0 Å². The quantitative estimate of drug-likeness (QED) is 0.644. The summed E-state index contributed by atoms with van der Waals surface area (Å²) in [6, 6.07) is 0. The molecule has 0 saturated carbocycles. The van der Waals surface area contributed by atoms with E-state index in [1.165, 1.54) is 0 Å². The largest absolute Gasteiger partial charge is 0.380 e. The Labute approximate surface area is 80.0 Å². The second-order valence-electron chi connectivity index (χ2n) is 2.78. The molecule has 2 atom stereocenters. The zero-order chi connectivity index (χ0) is 9.14. The Balaban J connectivity index is 2.51. The molecule has 3 nitrogen and oxygen atoms in total. The summed E-state index contributed by atoms with van der Waals surface area (Å²) in [5, 5.41) is -0.921. The molecule has 5 heteroatoms. The average Bonchev–Trinajstić information content (AvgIpc) is 2.04. The molecule has 0 amide bonds. The van der Waals surface area contributed by atoms with Crippen molar-refractivity contribution in [1.82, 2.24) is 0 Å². The molecule has 0 spiro atoms. The van der Waals surface area contributed by atoms with Crippen LogP contribution in [-0.2, 0) is 14.3 Å². The molecule has 0 aromatic rings. The van der Waals surface area contributed by atoms with Crippen molar-refractivity contribution < 1.29 is 14.3 Å². The molecule has 1 aliphatic rings. The first-order valence-corrected chi connectivity index (χ1v) is 4.33. The Hall–Kier alpha value is -0.120. The van der Waals surface area contributed by atoms with Crippen LogP contribution in [-0.4, -0.2) is 23.7 Å². The van der Waals surface area contributed by atoms with Gasteiger partial charge in [0, 0.05) is 0 Å². The number of rotatable bonds is 2. The van der Waals surface area contributed by atoms with E-state index in [4.69, 9.17) is 27.9 Å². The van der Waals surface area contributed by atoms with Crippen molar-refractivity contribution >= 4 is 33.7 Å². The van der Waals surface area contributed by atoms with E-state index in [1.54, 1.807) is 0 Å². The minimum Gasteiger partial charge on any atom is -0.380 e. The lowest BCUT2D eigenvalue weighted by atomic mass is 9.95. The summed E-state index contributed by atoms with van der Waals surface area (Å²) in [5.74, 6) is -0.763. The van der Waals surface area contributed by atoms with Crippen LogP contribution >= 0.6 is 23.2 Å². The highest BCUT2D eigenvalue weighted by Crippen LogP contribution is 2.23. The monoisotopic (exact) mass is 210 g/mol. The molecule has 0 aromatic heterocycles. The van der Waals surface area contributed by atoms with Gasteiger partial charge >= 0.3 is 0 Å². The highest BCUT2D eigenvalue weighted by Gasteiger charge is 2.30. The van der Waals surface area contributed by atoms with Crippen LogP contribution in [0.5, 0.6) is 0 Å². The number of carbonyl (C=O) groups excluding carboxylic acids is 2. The van der Waals surface area contributed by atoms with Crippen LogP contribution in [0, 0.1) is 11.8 Å². The van der Waals surface area contributed by atoms with Gasteiger partial charge in [-0.1, -0.05) is 0 Å². The topological polar surface area (TPSA) is 43.4 Å². The van der Waals surface area contributed by atoms with Gasteiger partial charge in [-0.25, -0.2) is 0 Å². The van der Waals surface area contributed by atoms with Gasteiger partial charge in [0.15, 0.2) is 0 Å². The first-order valence-electron chi connectivity index (χ1n) is 3.57. The SMILES string of the molecule is O=C(Cl)C1COCC(C(=O)Cl)C1. The van der Waals surface area contributed by atoms with Gasteiger partial charge < -0.3 is 4.74 Å². The molecule has 0 aliphatic carbocycles. The summed E-state index contributed by atoms with van der Waals surface area (Å²) in [4.78, 5) is 21.4. The number of halogens is 2. The summed E-state index contributed by atoms with van der Waals surface area (Å²) < 4.78 is 5.01. The van der Waals surface area contributed by atoms with Crippen molar-refractivity contribution in [3.63, 3.8) is 0 Å². The third kappa shape index (κ3) is 2.44. The molecule has 12 heavy (non-hydrogen) atoms. The predicted molar refractivity (Wildman–Crippen MR) is 44.1 cm³/mol. The molecule has 1 rings (SSSR count). The fourth-order valence-electron chi connectivity index (χ4n) is 1.15. The summed E-state index contributed by atoms with van der Waals surface area (Å²) >= 11 is 10.5. The van der Waals surface area contributed by atoms with E-state index in [2.05, 4.69) is 0 Å². The van der Waals surface area contributed by atoms with Crippen LogP contribution in [0.1, 0.15) is 6.42 Å². The second-order valence-corrected chi connectivity index (χ2v) is 3.52. The minimum absolute atomic E-state index is 0.295. The Morgan fingerprint density at radius 2 is 1.50 bits per heavy atom. The van der Waals surface area contributed by atoms with Gasteiger partial charge in [-0.2, -0.15) is 0 Å². The van der Waals surface area contributed by atoms with Gasteiger partial charge in [0.1, 0.15) is 0 Å². The molecule has 1 saturated heterocycles. The van der Waals surface area contributed by atoms with E-state index < -0.39 is 10.5 Å². The van der Waals surface area contributed by atoms with Crippen LogP contribution in [0.15, 0.2) is 0 Å². The zero-order valence-electron chi connectivity index (χ0n) is 6.26. The van der Waals surface area contributed by atoms with E-state index in [0.717, 1.165) is 0 Å². The standard InChI is InChI=1S/C7H8Cl2O3/c8-6(10)4-1-5(7(9)11)3-12-2-4/h4-5H,1-3H2. The average molecular weight is 211 g/mol. The minimum atomic E-state index is -0.461. The fraction of sp³-hybridized carbons (Fsp3) is 0.714. The van der Waals surface area contributed by atoms with Crippen LogP contribution in [0.25, 0.3) is 0 Å². The van der Waals surface area contributed by atoms with Crippen LogP contribution in [0.2, 0.25) is 0 Å². The fourth-order valence-corrected chi connectivity index (χ4v) is 1.45. The lowest BCUT2D eigenvalue weighted by Crippen LogP contribution is -2.31. The highest BCUT2D eigenvalue weighted by molar-refractivity contribution is 6.64. The van der Waals surface area contributed by atoms with Crippen LogP contribution in [0.3, 0.4) is 0 Å². The van der Waals surface area contributed by atoms with E-state index in [0.29, 0.717) is 19.6 Å². The van der Waals surface area contributed by atoms with Crippen molar-refractivity contribution in [3.05, 3.63) is 0 Å². The summed E-state index contributed by atoms with van der Waals surface area (Å²) in [7, 11) is 0. The van der Waals surface area contributed by atoms with Gasteiger partial charge in [0.25, 0.3) is 0 Å². The number of ether oxygens (including phenoxy) is 1. The van der Waals surface area contributed by atoms with Crippen LogP contribution < -0.4 is 0 Å². The van der Waals surface area contributed by atoms with Gasteiger partial charge in [-0.05, 0) is 29.6 Å². The molecule has 0 radical (unpaired) electrons. The second kappa shape index (κ2) is 4.21. The smallest absolute Gasteiger partial charge is 0.227 e. The van der Waals surface area contributed by atoms with E-state index in [1.807, 2.05) is 0 Å². The van der Waals surface area contributed by atoms with Crippen molar-refractivity contribution in [2.75, 3.05) is 13.2 Å². The van der Waals surface area contributed by atoms with Gasteiger partial charge in [-0.3, -0.25) is 9.59 Å². The molecule has 0 aromatic carbocycles. The molecule has 1 fully saturated rings.